The van der Waals surface area contributed by atoms with Gasteiger partial charge in [0.05, 0.1) is 35.4 Å². The molecule has 0 radical (unpaired) electrons. The minimum absolute atomic E-state index is 0.0583. The highest BCUT2D eigenvalue weighted by Crippen LogP contribution is 2.35. The van der Waals surface area contributed by atoms with Gasteiger partial charge in [-0.2, -0.15) is 23.1 Å². The summed E-state index contributed by atoms with van der Waals surface area (Å²) in [5.74, 6) is 1.08. The fourth-order valence-electron chi connectivity index (χ4n) is 3.76. The maximum Gasteiger partial charge on any atom is 0.416 e. The molecule has 1 aliphatic rings. The van der Waals surface area contributed by atoms with Crippen LogP contribution in [0.25, 0.3) is 10.9 Å². The third kappa shape index (κ3) is 4.73. The minimum Gasteiger partial charge on any atom is -0.467 e. The summed E-state index contributed by atoms with van der Waals surface area (Å²) in [7, 11) is 1.40. The van der Waals surface area contributed by atoms with E-state index in [0.717, 1.165) is 43.9 Å². The van der Waals surface area contributed by atoms with E-state index in [1.807, 2.05) is 6.07 Å². The van der Waals surface area contributed by atoms with E-state index in [-0.39, 0.29) is 11.6 Å². The average Bonchev–Trinajstić information content (AvgIpc) is 3.32. The molecular weight excluding hydrogens is 441 g/mol. The molecule has 0 unspecified atom stereocenters. The summed E-state index contributed by atoms with van der Waals surface area (Å²) in [6, 6.07) is 3.67. The summed E-state index contributed by atoms with van der Waals surface area (Å²) < 4.78 is 45.1. The highest BCUT2D eigenvalue weighted by atomic mass is 19.4. The largest absolute Gasteiger partial charge is 0.467 e. The van der Waals surface area contributed by atoms with Crippen molar-refractivity contribution < 1.29 is 22.8 Å². The summed E-state index contributed by atoms with van der Waals surface area (Å²) in [5.41, 5.74) is -1.14. The van der Waals surface area contributed by atoms with Crippen LogP contribution in [0.5, 0.6) is 6.01 Å². The predicted molar refractivity (Wildman–Crippen MR) is 115 cm³/mol. The number of methoxy groups -OCH3 is 1. The van der Waals surface area contributed by atoms with Crippen molar-refractivity contribution in [1.29, 1.82) is 0 Å². The maximum absolute atomic E-state index is 13.3. The second-order valence-electron chi connectivity index (χ2n) is 7.75. The zero-order valence-electron chi connectivity index (χ0n) is 17.9. The van der Waals surface area contributed by atoms with Crippen LogP contribution in [-0.2, 0) is 6.18 Å². The number of hydrogen-bond acceptors (Lipinski definition) is 8. The molecule has 0 spiro atoms. The van der Waals surface area contributed by atoms with Gasteiger partial charge in [-0.05, 0) is 37.5 Å². The normalized spacial score (nSPS) is 15.0. The molecule has 12 heteroatoms. The van der Waals surface area contributed by atoms with Crippen molar-refractivity contribution in [3.05, 3.63) is 51.7 Å². The van der Waals surface area contributed by atoms with Crippen molar-refractivity contribution in [2.24, 2.45) is 0 Å². The number of non-ortho nitro benzene ring substituents is 1. The second-order valence-corrected chi connectivity index (χ2v) is 7.75. The van der Waals surface area contributed by atoms with E-state index in [1.165, 1.54) is 7.11 Å². The molecule has 0 aliphatic carbocycles. The molecule has 3 aromatic rings. The van der Waals surface area contributed by atoms with Gasteiger partial charge < -0.3 is 15.0 Å². The van der Waals surface area contributed by atoms with Crippen LogP contribution in [-0.4, -0.2) is 40.1 Å². The van der Waals surface area contributed by atoms with E-state index >= 15 is 0 Å². The molecule has 4 rings (SSSR count). The average molecular weight is 462 g/mol. The number of ether oxygens (including phenoxy) is 1. The van der Waals surface area contributed by atoms with Crippen LogP contribution in [0.4, 0.5) is 30.5 Å². The quantitative estimate of drug-likeness (QED) is 0.414. The Hall–Kier alpha value is -3.70. The number of fused-ring (bicyclic) bond motifs is 1. The summed E-state index contributed by atoms with van der Waals surface area (Å²) >= 11 is 0. The molecule has 174 valence electrons. The SMILES string of the molecule is COc1nc(N[C@H](C)c2cc([N+](=O)[O-])cc(C(F)(F)F)c2)c2cc(N3CCCC3)ncc2n1. The van der Waals surface area contributed by atoms with Crippen molar-refractivity contribution in [2.75, 3.05) is 30.4 Å². The number of alkyl halides is 3. The number of nitro groups is 1. The molecule has 1 N–H and O–H groups in total. The Labute approximate surface area is 186 Å². The molecule has 9 nitrogen and oxygen atoms in total. The van der Waals surface area contributed by atoms with Gasteiger partial charge >= 0.3 is 12.2 Å². The lowest BCUT2D eigenvalue weighted by Gasteiger charge is -2.20. The Kier molecular flexibility index (Phi) is 5.91. The fraction of sp³-hybridized carbons (Fsp3) is 0.381. The standard InChI is InChI=1S/C21H21F3N6O3/c1-12(13-7-14(21(22,23)24)9-15(8-13)30(31)32)26-19-16-10-18(29-5-3-4-6-29)25-11-17(16)27-20(28-19)33-2/h7-12H,3-6H2,1-2H3,(H,26,27,28)/t12-/m1/s1. The van der Waals surface area contributed by atoms with Crippen molar-refractivity contribution in [3.8, 4) is 6.01 Å². The Balaban J connectivity index is 1.75. The lowest BCUT2D eigenvalue weighted by molar-refractivity contribution is -0.385. The third-order valence-electron chi connectivity index (χ3n) is 5.49. The number of aromatic nitrogens is 3. The third-order valence-corrected chi connectivity index (χ3v) is 5.49. The first-order valence-corrected chi connectivity index (χ1v) is 10.3. The Morgan fingerprint density at radius 1 is 1.18 bits per heavy atom. The van der Waals surface area contributed by atoms with Crippen LogP contribution < -0.4 is 15.0 Å². The number of nitrogens with zero attached hydrogens (tertiary/aromatic N) is 5. The van der Waals surface area contributed by atoms with E-state index in [4.69, 9.17) is 4.74 Å². The lowest BCUT2D eigenvalue weighted by Crippen LogP contribution is -2.19. The number of halogens is 3. The molecule has 1 aromatic carbocycles. The summed E-state index contributed by atoms with van der Waals surface area (Å²) in [5, 5.41) is 14.9. The van der Waals surface area contributed by atoms with E-state index < -0.39 is 28.4 Å². The van der Waals surface area contributed by atoms with Gasteiger partial charge in [0.2, 0.25) is 0 Å². The van der Waals surface area contributed by atoms with Crippen LogP contribution in [0.3, 0.4) is 0 Å². The molecule has 3 heterocycles. The molecule has 0 saturated carbocycles. The maximum atomic E-state index is 13.3. The van der Waals surface area contributed by atoms with Gasteiger partial charge in [-0.3, -0.25) is 10.1 Å². The molecule has 2 aromatic heterocycles. The number of anilines is 2. The number of hydrogen-bond donors (Lipinski definition) is 1. The first-order chi connectivity index (χ1) is 15.7. The summed E-state index contributed by atoms with van der Waals surface area (Å²) in [6.45, 7) is 3.35. The van der Waals surface area contributed by atoms with Crippen molar-refractivity contribution >= 4 is 28.2 Å². The highest BCUT2D eigenvalue weighted by molar-refractivity contribution is 5.91. The number of benzene rings is 1. The van der Waals surface area contributed by atoms with Crippen molar-refractivity contribution in [2.45, 2.75) is 32.0 Å². The zero-order valence-corrected chi connectivity index (χ0v) is 17.9. The summed E-state index contributed by atoms with van der Waals surface area (Å²) in [4.78, 5) is 25.6. The molecule has 1 atom stereocenters. The van der Waals surface area contributed by atoms with Crippen LogP contribution in [0, 0.1) is 10.1 Å². The highest BCUT2D eigenvalue weighted by Gasteiger charge is 2.33. The lowest BCUT2D eigenvalue weighted by atomic mass is 10.0. The van der Waals surface area contributed by atoms with Gasteiger partial charge in [0.15, 0.2) is 0 Å². The van der Waals surface area contributed by atoms with E-state index in [9.17, 15) is 23.3 Å². The van der Waals surface area contributed by atoms with Gasteiger partial charge in [-0.15, -0.1) is 0 Å². The smallest absolute Gasteiger partial charge is 0.416 e. The molecular formula is C21H21F3N6O3. The first kappa shape index (κ1) is 22.5. The molecule has 0 amide bonds. The predicted octanol–water partition coefficient (Wildman–Crippen LogP) is 4.73. The second kappa shape index (κ2) is 8.68. The van der Waals surface area contributed by atoms with Crippen LogP contribution >= 0.6 is 0 Å². The monoisotopic (exact) mass is 462 g/mol. The van der Waals surface area contributed by atoms with Gasteiger partial charge in [-0.1, -0.05) is 0 Å². The Bertz CT molecular complexity index is 1200. The van der Waals surface area contributed by atoms with Gasteiger partial charge in [-0.25, -0.2) is 4.98 Å². The number of rotatable bonds is 6. The molecule has 1 fully saturated rings. The number of nitro benzene ring substituents is 1. The Morgan fingerprint density at radius 3 is 2.55 bits per heavy atom. The molecule has 33 heavy (non-hydrogen) atoms. The van der Waals surface area contributed by atoms with E-state index in [0.29, 0.717) is 22.8 Å². The minimum atomic E-state index is -4.72. The zero-order chi connectivity index (χ0) is 23.8. The topological polar surface area (TPSA) is 106 Å². The number of nitrogens with one attached hydrogen (secondary N) is 1. The van der Waals surface area contributed by atoms with Crippen LogP contribution in [0.15, 0.2) is 30.5 Å². The van der Waals surface area contributed by atoms with Crippen LogP contribution in [0.1, 0.15) is 36.9 Å². The first-order valence-electron chi connectivity index (χ1n) is 10.3. The molecule has 1 aliphatic heterocycles. The van der Waals surface area contributed by atoms with Gasteiger partial charge in [0.1, 0.15) is 11.6 Å². The summed E-state index contributed by atoms with van der Waals surface area (Å²) in [6.07, 6.45) is -0.996. The van der Waals surface area contributed by atoms with E-state index in [1.54, 1.807) is 13.1 Å². The van der Waals surface area contributed by atoms with Crippen molar-refractivity contribution in [3.63, 3.8) is 0 Å². The fourth-order valence-corrected chi connectivity index (χ4v) is 3.76. The molecule has 1 saturated heterocycles. The number of pyridine rings is 1. The van der Waals surface area contributed by atoms with E-state index in [2.05, 4.69) is 25.2 Å². The Morgan fingerprint density at radius 2 is 1.91 bits per heavy atom. The van der Waals surface area contributed by atoms with Gasteiger partial charge in [0, 0.05) is 30.6 Å². The molecule has 0 bridgehead atoms. The van der Waals surface area contributed by atoms with Gasteiger partial charge in [0.25, 0.3) is 5.69 Å². The van der Waals surface area contributed by atoms with Crippen molar-refractivity contribution in [1.82, 2.24) is 15.0 Å². The van der Waals surface area contributed by atoms with Crippen LogP contribution in [0.2, 0.25) is 0 Å².